The Bertz CT molecular complexity index is 502. The molecule has 1 unspecified atom stereocenters. The zero-order chi connectivity index (χ0) is 16.0. The molecule has 0 aliphatic carbocycles. The van der Waals surface area contributed by atoms with E-state index in [4.69, 9.17) is 4.74 Å². The molecule has 0 saturated carbocycles. The van der Waals surface area contributed by atoms with Gasteiger partial charge in [-0.05, 0) is 38.2 Å². The number of hydrogen-bond acceptors (Lipinski definition) is 4. The van der Waals surface area contributed by atoms with Gasteiger partial charge in [-0.1, -0.05) is 24.3 Å². The number of carbonyl (C=O) groups excluding carboxylic acids is 1. The molecular weight excluding hydrogens is 314 g/mol. The molecule has 1 amide bonds. The van der Waals surface area contributed by atoms with Crippen LogP contribution < -0.4 is 10.6 Å². The molecule has 1 atom stereocenters. The fraction of sp³-hybridized carbons (Fsp3) is 0.588. The first-order chi connectivity index (χ1) is 10.6. The lowest BCUT2D eigenvalue weighted by Crippen LogP contribution is -2.45. The van der Waals surface area contributed by atoms with Crippen LogP contribution in [0.25, 0.3) is 0 Å². The number of ether oxygens (including phenoxy) is 1. The van der Waals surface area contributed by atoms with Gasteiger partial charge < -0.3 is 20.3 Å². The van der Waals surface area contributed by atoms with Gasteiger partial charge in [0.05, 0.1) is 12.0 Å². The van der Waals surface area contributed by atoms with Gasteiger partial charge in [0.2, 0.25) is 5.91 Å². The van der Waals surface area contributed by atoms with Crippen LogP contribution in [-0.4, -0.2) is 51.7 Å². The molecule has 2 rings (SSSR count). The lowest BCUT2D eigenvalue weighted by atomic mass is 9.87. The molecule has 6 heteroatoms. The van der Waals surface area contributed by atoms with Gasteiger partial charge in [0.1, 0.15) is 0 Å². The predicted octanol–water partition coefficient (Wildman–Crippen LogP) is 1.41. The van der Waals surface area contributed by atoms with E-state index >= 15 is 0 Å². The third-order valence-corrected chi connectivity index (χ3v) is 4.19. The lowest BCUT2D eigenvalue weighted by Gasteiger charge is -2.26. The average molecular weight is 342 g/mol. The second-order valence-electron chi connectivity index (χ2n) is 6.33. The van der Waals surface area contributed by atoms with Crippen LogP contribution in [0.4, 0.5) is 0 Å². The Labute approximate surface area is 145 Å². The predicted molar refractivity (Wildman–Crippen MR) is 94.7 cm³/mol. The second kappa shape index (κ2) is 9.23. The fourth-order valence-corrected chi connectivity index (χ4v) is 2.99. The maximum Gasteiger partial charge on any atom is 0.230 e. The average Bonchev–Trinajstić information content (AvgIpc) is 2.96. The molecular formula is C17H28ClN3O2. The topological polar surface area (TPSA) is 53.6 Å². The maximum absolute atomic E-state index is 12.6. The molecule has 0 aromatic heterocycles. The van der Waals surface area contributed by atoms with Gasteiger partial charge >= 0.3 is 0 Å². The molecule has 130 valence electrons. The summed E-state index contributed by atoms with van der Waals surface area (Å²) < 4.78 is 5.27. The first-order valence-electron chi connectivity index (χ1n) is 7.77. The highest BCUT2D eigenvalue weighted by atomic mass is 35.5. The van der Waals surface area contributed by atoms with Crippen molar-refractivity contribution in [2.24, 2.45) is 5.41 Å². The summed E-state index contributed by atoms with van der Waals surface area (Å²) in [6, 6.07) is 8.25. The number of carbonyl (C=O) groups is 1. The van der Waals surface area contributed by atoms with Crippen molar-refractivity contribution in [1.82, 2.24) is 15.5 Å². The second-order valence-corrected chi connectivity index (χ2v) is 6.33. The minimum atomic E-state index is -0.425. The molecule has 0 radical (unpaired) electrons. The van der Waals surface area contributed by atoms with Gasteiger partial charge in [0.25, 0.3) is 0 Å². The van der Waals surface area contributed by atoms with E-state index in [0.717, 1.165) is 19.5 Å². The van der Waals surface area contributed by atoms with Crippen LogP contribution >= 0.6 is 12.4 Å². The maximum atomic E-state index is 12.6. The summed E-state index contributed by atoms with van der Waals surface area (Å²) in [6.45, 7) is 3.45. The van der Waals surface area contributed by atoms with Crippen molar-refractivity contribution in [3.63, 3.8) is 0 Å². The Hall–Kier alpha value is -1.14. The van der Waals surface area contributed by atoms with Crippen molar-refractivity contribution in [3.05, 3.63) is 35.4 Å². The zero-order valence-corrected chi connectivity index (χ0v) is 15.0. The SMILES string of the molecule is COCC1(C(=O)NCc2ccccc2CN(C)C)CCNC1.Cl. The van der Waals surface area contributed by atoms with Gasteiger partial charge in [-0.2, -0.15) is 0 Å². The number of rotatable bonds is 7. The Balaban J connectivity index is 0.00000264. The normalized spacial score (nSPS) is 20.3. The third-order valence-electron chi connectivity index (χ3n) is 4.19. The van der Waals surface area contributed by atoms with E-state index in [2.05, 4.69) is 27.7 Å². The van der Waals surface area contributed by atoms with Crippen molar-refractivity contribution in [2.45, 2.75) is 19.5 Å². The molecule has 0 spiro atoms. The Morgan fingerprint density at radius 3 is 2.61 bits per heavy atom. The monoisotopic (exact) mass is 341 g/mol. The largest absolute Gasteiger partial charge is 0.384 e. The van der Waals surface area contributed by atoms with Crippen LogP contribution in [0.15, 0.2) is 24.3 Å². The third kappa shape index (κ3) is 5.18. The highest BCUT2D eigenvalue weighted by molar-refractivity contribution is 5.85. The molecule has 1 aromatic rings. The highest BCUT2D eigenvalue weighted by Gasteiger charge is 2.41. The number of benzene rings is 1. The Morgan fingerprint density at radius 2 is 2.04 bits per heavy atom. The van der Waals surface area contributed by atoms with Crippen LogP contribution in [0, 0.1) is 5.41 Å². The molecule has 1 fully saturated rings. The fourth-order valence-electron chi connectivity index (χ4n) is 2.99. The summed E-state index contributed by atoms with van der Waals surface area (Å²) in [4.78, 5) is 14.8. The Kier molecular flexibility index (Phi) is 7.99. The van der Waals surface area contributed by atoms with Gasteiger partial charge in [-0.25, -0.2) is 0 Å². The van der Waals surface area contributed by atoms with Gasteiger partial charge in [-0.3, -0.25) is 4.79 Å². The number of hydrogen-bond donors (Lipinski definition) is 2. The molecule has 2 N–H and O–H groups in total. The van der Waals surface area contributed by atoms with Crippen molar-refractivity contribution in [3.8, 4) is 0 Å². The minimum absolute atomic E-state index is 0. The van der Waals surface area contributed by atoms with Gasteiger partial charge in [0.15, 0.2) is 0 Å². The summed E-state index contributed by atoms with van der Waals surface area (Å²) in [5.41, 5.74) is 1.99. The van der Waals surface area contributed by atoms with E-state index in [1.807, 2.05) is 26.2 Å². The van der Waals surface area contributed by atoms with Crippen LogP contribution in [0.5, 0.6) is 0 Å². The molecule has 1 heterocycles. The van der Waals surface area contributed by atoms with E-state index in [9.17, 15) is 4.79 Å². The highest BCUT2D eigenvalue weighted by Crippen LogP contribution is 2.26. The molecule has 1 aliphatic rings. The van der Waals surface area contributed by atoms with Crippen LogP contribution in [0.3, 0.4) is 0 Å². The van der Waals surface area contributed by atoms with Crippen molar-refractivity contribution in [1.29, 1.82) is 0 Å². The molecule has 1 aliphatic heterocycles. The van der Waals surface area contributed by atoms with Gasteiger partial charge in [0, 0.05) is 26.7 Å². The summed E-state index contributed by atoms with van der Waals surface area (Å²) in [5.74, 6) is 0.0824. The molecule has 0 bridgehead atoms. The van der Waals surface area contributed by atoms with E-state index < -0.39 is 5.41 Å². The van der Waals surface area contributed by atoms with Crippen LogP contribution in [0.2, 0.25) is 0 Å². The van der Waals surface area contributed by atoms with Gasteiger partial charge in [-0.15, -0.1) is 12.4 Å². The van der Waals surface area contributed by atoms with Crippen LogP contribution in [0.1, 0.15) is 17.5 Å². The van der Waals surface area contributed by atoms with E-state index in [1.165, 1.54) is 11.1 Å². The minimum Gasteiger partial charge on any atom is -0.384 e. The molecule has 1 aromatic carbocycles. The quantitative estimate of drug-likeness (QED) is 0.787. The van der Waals surface area contributed by atoms with E-state index in [1.54, 1.807) is 7.11 Å². The summed E-state index contributed by atoms with van der Waals surface area (Å²) in [5, 5.41) is 6.37. The smallest absolute Gasteiger partial charge is 0.230 e. The zero-order valence-electron chi connectivity index (χ0n) is 14.2. The first-order valence-corrected chi connectivity index (χ1v) is 7.77. The van der Waals surface area contributed by atoms with Crippen molar-refractivity contribution < 1.29 is 9.53 Å². The standard InChI is InChI=1S/C17H27N3O2.ClH/c1-20(2)11-15-7-5-4-6-14(15)10-19-16(21)17(13-22-3)8-9-18-12-17;/h4-7,18H,8-13H2,1-3H3,(H,19,21);1H. The number of nitrogens with zero attached hydrogens (tertiary/aromatic N) is 1. The molecule has 23 heavy (non-hydrogen) atoms. The molecule has 5 nitrogen and oxygen atoms in total. The molecule has 1 saturated heterocycles. The Morgan fingerprint density at radius 1 is 1.35 bits per heavy atom. The number of nitrogens with one attached hydrogen (secondary N) is 2. The number of methoxy groups -OCH3 is 1. The summed E-state index contributed by atoms with van der Waals surface area (Å²) >= 11 is 0. The lowest BCUT2D eigenvalue weighted by molar-refractivity contribution is -0.133. The van der Waals surface area contributed by atoms with Crippen LogP contribution in [-0.2, 0) is 22.6 Å². The van der Waals surface area contributed by atoms with E-state index in [0.29, 0.717) is 19.7 Å². The van der Waals surface area contributed by atoms with Crippen molar-refractivity contribution in [2.75, 3.05) is 40.9 Å². The number of halogens is 1. The van der Waals surface area contributed by atoms with E-state index in [-0.39, 0.29) is 18.3 Å². The first kappa shape index (κ1) is 19.9. The number of amides is 1. The summed E-state index contributed by atoms with van der Waals surface area (Å²) in [6.07, 6.45) is 0.825. The summed E-state index contributed by atoms with van der Waals surface area (Å²) in [7, 11) is 5.75. The van der Waals surface area contributed by atoms with Crippen molar-refractivity contribution >= 4 is 18.3 Å².